The molecule has 0 saturated carbocycles. The zero-order valence-electron chi connectivity index (χ0n) is 13.9. The fourth-order valence-corrected chi connectivity index (χ4v) is 2.43. The van der Waals surface area contributed by atoms with Crippen molar-refractivity contribution in [3.8, 4) is 5.75 Å². The molecule has 0 spiro atoms. The minimum absolute atomic E-state index is 0.00380. The summed E-state index contributed by atoms with van der Waals surface area (Å²) in [7, 11) is 0. The Kier molecular flexibility index (Phi) is 5.72. The van der Waals surface area contributed by atoms with E-state index in [0.29, 0.717) is 36.7 Å². The van der Waals surface area contributed by atoms with Gasteiger partial charge in [0.1, 0.15) is 12.4 Å². The summed E-state index contributed by atoms with van der Waals surface area (Å²) in [5.41, 5.74) is 2.06. The Balaban J connectivity index is 1.39. The zero-order chi connectivity index (χ0) is 18.4. The lowest BCUT2D eigenvalue weighted by molar-refractivity contribution is -0.136. The van der Waals surface area contributed by atoms with Crippen LogP contribution in [0.5, 0.6) is 5.75 Å². The van der Waals surface area contributed by atoms with E-state index in [4.69, 9.17) is 9.84 Å². The van der Waals surface area contributed by atoms with Gasteiger partial charge < -0.3 is 20.3 Å². The Morgan fingerprint density at radius 2 is 2.04 bits per heavy atom. The Bertz CT molecular complexity index is 865. The van der Waals surface area contributed by atoms with Crippen LogP contribution in [0, 0.1) is 0 Å². The highest BCUT2D eigenvalue weighted by atomic mass is 16.5. The molecular weight excluding hydrogens is 338 g/mol. The van der Waals surface area contributed by atoms with Gasteiger partial charge in [-0.25, -0.2) is 4.52 Å². The molecule has 3 aromatic rings. The molecule has 26 heavy (non-hydrogen) atoms. The lowest BCUT2D eigenvalue weighted by Crippen LogP contribution is -2.26. The van der Waals surface area contributed by atoms with Crippen LogP contribution in [0.25, 0.3) is 5.65 Å². The number of aromatic nitrogens is 4. The van der Waals surface area contributed by atoms with Crippen molar-refractivity contribution >= 4 is 11.6 Å². The van der Waals surface area contributed by atoms with Gasteiger partial charge in [0, 0.05) is 24.8 Å². The number of nitrogens with one attached hydrogen (secondary N) is 1. The summed E-state index contributed by atoms with van der Waals surface area (Å²) >= 11 is 0. The fourth-order valence-electron chi connectivity index (χ4n) is 2.43. The van der Waals surface area contributed by atoms with Crippen LogP contribution in [-0.2, 0) is 11.2 Å². The highest BCUT2D eigenvalue weighted by Gasteiger charge is 2.09. The number of hydrogen-bond donors (Lipinski definition) is 3. The third kappa shape index (κ3) is 4.74. The maximum absolute atomic E-state index is 10.6. The summed E-state index contributed by atoms with van der Waals surface area (Å²) in [5.74, 6) is -0.189. The second-order valence-electron chi connectivity index (χ2n) is 5.73. The molecule has 0 bridgehead atoms. The predicted octanol–water partition coefficient (Wildman–Crippen LogP) is 0.453. The maximum Gasteiger partial charge on any atom is 0.307 e. The topological polar surface area (TPSA) is 122 Å². The Labute approximate surface area is 149 Å². The van der Waals surface area contributed by atoms with Crippen LogP contribution in [0.3, 0.4) is 0 Å². The summed E-state index contributed by atoms with van der Waals surface area (Å²) in [4.78, 5) is 10.6. The van der Waals surface area contributed by atoms with Crippen molar-refractivity contribution < 1.29 is 19.7 Å². The summed E-state index contributed by atoms with van der Waals surface area (Å²) in [6.45, 7) is 1.35. The van der Waals surface area contributed by atoms with Crippen molar-refractivity contribution in [1.82, 2.24) is 25.4 Å². The number of pyridine rings is 1. The first-order valence-corrected chi connectivity index (χ1v) is 8.12. The van der Waals surface area contributed by atoms with Gasteiger partial charge in [-0.15, -0.1) is 5.10 Å². The number of carboxylic acid groups (broad SMARTS) is 1. The highest BCUT2D eigenvalue weighted by molar-refractivity contribution is 5.70. The van der Waals surface area contributed by atoms with Gasteiger partial charge in [0.2, 0.25) is 0 Å². The molecule has 136 valence electrons. The third-order valence-electron chi connectivity index (χ3n) is 3.76. The van der Waals surface area contributed by atoms with Crippen molar-refractivity contribution in [3.63, 3.8) is 0 Å². The molecule has 9 heteroatoms. The number of aliphatic carboxylic acids is 1. The second kappa shape index (κ2) is 8.37. The first-order chi connectivity index (χ1) is 12.6. The number of aliphatic hydroxyl groups excluding tert-OH is 1. The number of tetrazole rings is 1. The molecule has 1 aromatic carbocycles. The molecule has 2 heterocycles. The van der Waals surface area contributed by atoms with Crippen molar-refractivity contribution in [3.05, 3.63) is 53.7 Å². The molecule has 0 saturated heterocycles. The monoisotopic (exact) mass is 357 g/mol. The van der Waals surface area contributed by atoms with Gasteiger partial charge in [-0.2, -0.15) is 0 Å². The first kappa shape index (κ1) is 17.8. The van der Waals surface area contributed by atoms with Gasteiger partial charge in [0.15, 0.2) is 5.65 Å². The van der Waals surface area contributed by atoms with E-state index in [2.05, 4.69) is 20.8 Å². The van der Waals surface area contributed by atoms with E-state index in [1.807, 2.05) is 0 Å². The number of carboxylic acids is 1. The Morgan fingerprint density at radius 3 is 2.81 bits per heavy atom. The van der Waals surface area contributed by atoms with Crippen molar-refractivity contribution in [2.75, 3.05) is 19.7 Å². The minimum atomic E-state index is -0.861. The van der Waals surface area contributed by atoms with Crippen molar-refractivity contribution in [1.29, 1.82) is 0 Å². The number of hydrogen-bond acceptors (Lipinski definition) is 7. The Hall–Kier alpha value is -3.04. The smallest absolute Gasteiger partial charge is 0.307 e. The molecule has 0 radical (unpaired) electrons. The van der Waals surface area contributed by atoms with Crippen molar-refractivity contribution in [2.45, 2.75) is 12.5 Å². The number of nitrogens with zero attached hydrogens (tertiary/aromatic N) is 4. The van der Waals surface area contributed by atoms with Gasteiger partial charge in [0.05, 0.1) is 12.5 Å². The van der Waals surface area contributed by atoms with Gasteiger partial charge in [0.25, 0.3) is 0 Å². The number of aliphatic hydroxyl groups is 1. The van der Waals surface area contributed by atoms with Crippen LogP contribution < -0.4 is 10.1 Å². The summed E-state index contributed by atoms with van der Waals surface area (Å²) in [6.07, 6.45) is 1.01. The van der Waals surface area contributed by atoms with Crippen LogP contribution >= 0.6 is 0 Å². The largest absolute Gasteiger partial charge is 0.492 e. The van der Waals surface area contributed by atoms with E-state index < -0.39 is 12.1 Å². The third-order valence-corrected chi connectivity index (χ3v) is 3.76. The number of carbonyl (C=O) groups is 1. The van der Waals surface area contributed by atoms with E-state index in [1.54, 1.807) is 42.6 Å². The number of benzene rings is 1. The molecule has 2 aromatic heterocycles. The van der Waals surface area contributed by atoms with Crippen LogP contribution in [-0.4, -0.2) is 55.9 Å². The van der Waals surface area contributed by atoms with E-state index >= 15 is 0 Å². The molecule has 0 fully saturated rings. The van der Waals surface area contributed by atoms with E-state index in [1.165, 1.54) is 4.52 Å². The second-order valence-corrected chi connectivity index (χ2v) is 5.73. The zero-order valence-corrected chi connectivity index (χ0v) is 13.9. The quantitative estimate of drug-likeness (QED) is 0.472. The molecule has 0 unspecified atom stereocenters. The maximum atomic E-state index is 10.6. The molecule has 3 N–H and O–H groups in total. The van der Waals surface area contributed by atoms with E-state index in [9.17, 15) is 9.90 Å². The molecule has 0 aliphatic rings. The minimum Gasteiger partial charge on any atom is -0.492 e. The number of ether oxygens (including phenoxy) is 1. The van der Waals surface area contributed by atoms with E-state index in [0.717, 1.165) is 5.56 Å². The SMILES string of the molecule is O=C(O)Cc1ccc(OCCNC[C@H](O)c2ccc3nnnn3c2)cc1. The normalized spacial score (nSPS) is 12.2. The highest BCUT2D eigenvalue weighted by Crippen LogP contribution is 2.13. The number of rotatable bonds is 9. The van der Waals surface area contributed by atoms with Gasteiger partial charge >= 0.3 is 5.97 Å². The summed E-state index contributed by atoms with van der Waals surface area (Å²) < 4.78 is 7.09. The van der Waals surface area contributed by atoms with Crippen LogP contribution in [0.15, 0.2) is 42.6 Å². The van der Waals surface area contributed by atoms with Crippen LogP contribution in [0.2, 0.25) is 0 Å². The standard InChI is InChI=1S/C17H19N5O4/c23-15(13-3-6-16-19-20-21-22(16)11-13)10-18-7-8-26-14-4-1-12(2-5-14)9-17(24)25/h1-6,11,15,18,23H,7-10H2,(H,24,25)/t15-/m0/s1. The summed E-state index contributed by atoms with van der Waals surface area (Å²) in [6, 6.07) is 10.5. The van der Waals surface area contributed by atoms with Crippen LogP contribution in [0.4, 0.5) is 0 Å². The van der Waals surface area contributed by atoms with Crippen LogP contribution in [0.1, 0.15) is 17.2 Å². The van der Waals surface area contributed by atoms with Crippen molar-refractivity contribution in [2.24, 2.45) is 0 Å². The molecule has 9 nitrogen and oxygen atoms in total. The van der Waals surface area contributed by atoms with Gasteiger partial charge in [-0.05, 0) is 34.2 Å². The molecule has 0 aliphatic heterocycles. The molecule has 1 atom stereocenters. The molecule has 3 rings (SSSR count). The van der Waals surface area contributed by atoms with Gasteiger partial charge in [-0.1, -0.05) is 18.2 Å². The van der Waals surface area contributed by atoms with E-state index in [-0.39, 0.29) is 6.42 Å². The lowest BCUT2D eigenvalue weighted by Gasteiger charge is -2.13. The predicted molar refractivity (Wildman–Crippen MR) is 91.9 cm³/mol. The first-order valence-electron chi connectivity index (χ1n) is 8.12. The van der Waals surface area contributed by atoms with Gasteiger partial charge in [-0.3, -0.25) is 4.79 Å². The average Bonchev–Trinajstić information content (AvgIpc) is 3.10. The number of fused-ring (bicyclic) bond motifs is 1. The Morgan fingerprint density at radius 1 is 1.23 bits per heavy atom. The fraction of sp³-hybridized carbons (Fsp3) is 0.294. The average molecular weight is 357 g/mol. The lowest BCUT2D eigenvalue weighted by atomic mass is 10.1. The molecule has 0 amide bonds. The molecule has 0 aliphatic carbocycles. The summed E-state index contributed by atoms with van der Waals surface area (Å²) in [5, 5.41) is 33.2. The molecular formula is C17H19N5O4.